The summed E-state index contributed by atoms with van der Waals surface area (Å²) in [6.07, 6.45) is 0. The maximum Gasteiger partial charge on any atom is 0.154 e. The van der Waals surface area contributed by atoms with Gasteiger partial charge in [-0.3, -0.25) is 0 Å². The summed E-state index contributed by atoms with van der Waals surface area (Å²) in [5.74, 6) is 0.719. The molecule has 1 aromatic heterocycles. The van der Waals surface area contributed by atoms with Crippen LogP contribution >= 0.6 is 39.1 Å². The van der Waals surface area contributed by atoms with Crippen LogP contribution in [0.15, 0.2) is 15.0 Å². The highest BCUT2D eigenvalue weighted by Crippen LogP contribution is 2.41. The van der Waals surface area contributed by atoms with E-state index in [4.69, 9.17) is 33.4 Å². The van der Waals surface area contributed by atoms with Crippen LogP contribution in [0.1, 0.15) is 24.3 Å². The van der Waals surface area contributed by atoms with Gasteiger partial charge in [0.1, 0.15) is 5.76 Å². The van der Waals surface area contributed by atoms with E-state index in [0.717, 1.165) is 21.2 Å². The number of rotatable bonds is 1. The lowest BCUT2D eigenvalue weighted by Gasteiger charge is -2.01. The van der Waals surface area contributed by atoms with Gasteiger partial charge in [0.2, 0.25) is 0 Å². The summed E-state index contributed by atoms with van der Waals surface area (Å²) >= 11 is 15.7. The summed E-state index contributed by atoms with van der Waals surface area (Å²) < 4.78 is 6.42. The molecular weight excluding hydrogens is 313 g/mol. The third-order valence-corrected chi connectivity index (χ3v) is 4.02. The summed E-state index contributed by atoms with van der Waals surface area (Å²) in [5.41, 5.74) is 7.36. The average Bonchev–Trinajstić information content (AvgIpc) is 2.53. The zero-order valence-electron chi connectivity index (χ0n) is 8.77. The molecule has 2 nitrogen and oxygen atoms in total. The number of halogens is 3. The molecule has 2 N–H and O–H groups in total. The van der Waals surface area contributed by atoms with Crippen LogP contribution in [0.3, 0.4) is 0 Å². The number of nitrogens with two attached hydrogens (primary N) is 1. The van der Waals surface area contributed by atoms with Gasteiger partial charge in [-0.1, -0.05) is 23.2 Å². The fourth-order valence-corrected chi connectivity index (χ4v) is 2.84. The fourth-order valence-electron chi connectivity index (χ4n) is 1.76. The molecule has 0 radical (unpaired) electrons. The number of furan rings is 1. The van der Waals surface area contributed by atoms with Crippen LogP contribution in [0.2, 0.25) is 10.0 Å². The molecule has 0 amide bonds. The van der Waals surface area contributed by atoms with Gasteiger partial charge in [0.25, 0.3) is 0 Å². The van der Waals surface area contributed by atoms with Crippen molar-refractivity contribution in [3.63, 3.8) is 0 Å². The first kappa shape index (κ1) is 12.2. The fraction of sp³-hybridized carbons (Fsp3) is 0.273. The average molecular weight is 323 g/mol. The van der Waals surface area contributed by atoms with Gasteiger partial charge in [-0.2, -0.15) is 0 Å². The van der Waals surface area contributed by atoms with Crippen molar-refractivity contribution in [3.8, 4) is 0 Å². The minimum absolute atomic E-state index is 0.182. The highest BCUT2D eigenvalue weighted by atomic mass is 79.9. The Morgan fingerprint density at radius 1 is 1.44 bits per heavy atom. The Morgan fingerprint density at radius 3 is 2.62 bits per heavy atom. The first-order valence-corrected chi connectivity index (χ1v) is 6.30. The highest BCUT2D eigenvalue weighted by molar-refractivity contribution is 9.10. The summed E-state index contributed by atoms with van der Waals surface area (Å²) in [7, 11) is 0. The topological polar surface area (TPSA) is 39.2 Å². The molecule has 1 unspecified atom stereocenters. The minimum atomic E-state index is -0.182. The van der Waals surface area contributed by atoms with Crippen molar-refractivity contribution in [1.82, 2.24) is 0 Å². The second-order valence-electron chi connectivity index (χ2n) is 3.74. The van der Waals surface area contributed by atoms with Gasteiger partial charge in [-0.15, -0.1) is 0 Å². The van der Waals surface area contributed by atoms with Crippen LogP contribution in [0.4, 0.5) is 0 Å². The smallest absolute Gasteiger partial charge is 0.154 e. The van der Waals surface area contributed by atoms with Gasteiger partial charge >= 0.3 is 0 Å². The molecule has 5 heteroatoms. The van der Waals surface area contributed by atoms with Gasteiger partial charge in [0.05, 0.1) is 16.1 Å². The minimum Gasteiger partial charge on any atom is -0.458 e. The molecule has 1 atom stereocenters. The maximum atomic E-state index is 6.21. The molecule has 0 aliphatic rings. The van der Waals surface area contributed by atoms with Crippen LogP contribution in [-0.4, -0.2) is 0 Å². The highest BCUT2D eigenvalue weighted by Gasteiger charge is 2.19. The molecule has 0 bridgehead atoms. The van der Waals surface area contributed by atoms with Crippen molar-refractivity contribution in [2.75, 3.05) is 0 Å². The van der Waals surface area contributed by atoms with Crippen LogP contribution in [0.25, 0.3) is 11.0 Å². The van der Waals surface area contributed by atoms with E-state index in [1.807, 2.05) is 13.8 Å². The summed E-state index contributed by atoms with van der Waals surface area (Å²) in [5, 5.41) is 1.96. The monoisotopic (exact) mass is 321 g/mol. The molecule has 0 fully saturated rings. The predicted octanol–water partition coefficient (Wildman–Crippen LogP) is 4.83. The third kappa shape index (κ3) is 1.76. The standard InChI is InChI=1S/C11H10BrCl2NO/c1-4-8-9(14)6(12)3-7(13)11(8)16-10(4)5(2)15/h3,5H,15H2,1-2H3. The lowest BCUT2D eigenvalue weighted by Crippen LogP contribution is -2.04. The molecule has 0 saturated heterocycles. The number of hydrogen-bond acceptors (Lipinski definition) is 2. The van der Waals surface area contributed by atoms with E-state index in [2.05, 4.69) is 15.9 Å². The van der Waals surface area contributed by atoms with E-state index in [-0.39, 0.29) is 6.04 Å². The summed E-state index contributed by atoms with van der Waals surface area (Å²) in [4.78, 5) is 0. The zero-order valence-corrected chi connectivity index (χ0v) is 11.9. The van der Waals surface area contributed by atoms with Gasteiger partial charge in [0, 0.05) is 15.4 Å². The van der Waals surface area contributed by atoms with Gasteiger partial charge < -0.3 is 10.2 Å². The molecule has 1 heterocycles. The van der Waals surface area contributed by atoms with Crippen molar-refractivity contribution in [1.29, 1.82) is 0 Å². The van der Waals surface area contributed by atoms with Crippen LogP contribution in [-0.2, 0) is 0 Å². The number of benzene rings is 1. The van der Waals surface area contributed by atoms with Crippen LogP contribution in [0.5, 0.6) is 0 Å². The first-order valence-electron chi connectivity index (χ1n) is 4.75. The molecule has 86 valence electrons. The van der Waals surface area contributed by atoms with Crippen molar-refractivity contribution in [2.45, 2.75) is 19.9 Å². The Hall–Kier alpha value is -0.220. The third-order valence-electron chi connectivity index (χ3n) is 2.50. The molecule has 1 aromatic carbocycles. The predicted molar refractivity (Wildman–Crippen MR) is 71.3 cm³/mol. The molecular formula is C11H10BrCl2NO. The van der Waals surface area contributed by atoms with Crippen molar-refractivity contribution in [3.05, 3.63) is 31.9 Å². The van der Waals surface area contributed by atoms with Crippen LogP contribution in [0, 0.1) is 6.92 Å². The zero-order chi connectivity index (χ0) is 12.0. The molecule has 0 aliphatic carbocycles. The van der Waals surface area contributed by atoms with E-state index >= 15 is 0 Å². The quantitative estimate of drug-likeness (QED) is 0.764. The van der Waals surface area contributed by atoms with Gasteiger partial charge in [-0.25, -0.2) is 0 Å². The van der Waals surface area contributed by atoms with Gasteiger partial charge in [-0.05, 0) is 35.8 Å². The number of aryl methyl sites for hydroxylation is 1. The largest absolute Gasteiger partial charge is 0.458 e. The second kappa shape index (κ2) is 4.22. The van der Waals surface area contributed by atoms with E-state index in [0.29, 0.717) is 15.6 Å². The molecule has 16 heavy (non-hydrogen) atoms. The maximum absolute atomic E-state index is 6.21. The van der Waals surface area contributed by atoms with Gasteiger partial charge in [0.15, 0.2) is 5.58 Å². The number of fused-ring (bicyclic) bond motifs is 1. The molecule has 2 rings (SSSR count). The van der Waals surface area contributed by atoms with Crippen molar-refractivity contribution >= 4 is 50.1 Å². The first-order chi connectivity index (χ1) is 7.43. The lowest BCUT2D eigenvalue weighted by atomic mass is 10.1. The van der Waals surface area contributed by atoms with E-state index in [1.54, 1.807) is 6.07 Å². The second-order valence-corrected chi connectivity index (χ2v) is 5.38. The van der Waals surface area contributed by atoms with Crippen molar-refractivity contribution in [2.24, 2.45) is 5.73 Å². The SMILES string of the molecule is Cc1c(C(C)N)oc2c(Cl)cc(Br)c(Cl)c12. The lowest BCUT2D eigenvalue weighted by molar-refractivity contribution is 0.509. The Balaban J connectivity index is 2.91. The Kier molecular flexibility index (Phi) is 3.23. The summed E-state index contributed by atoms with van der Waals surface area (Å²) in [6.45, 7) is 3.79. The molecule has 0 aliphatic heterocycles. The van der Waals surface area contributed by atoms with Crippen molar-refractivity contribution < 1.29 is 4.42 Å². The molecule has 2 aromatic rings. The van der Waals surface area contributed by atoms with E-state index in [1.165, 1.54) is 0 Å². The van der Waals surface area contributed by atoms with E-state index in [9.17, 15) is 0 Å². The summed E-state index contributed by atoms with van der Waals surface area (Å²) in [6, 6.07) is 1.54. The van der Waals surface area contributed by atoms with E-state index < -0.39 is 0 Å². The van der Waals surface area contributed by atoms with Crippen LogP contribution < -0.4 is 5.73 Å². The normalized spacial score (nSPS) is 13.4. The molecule has 0 spiro atoms. The Labute approximate surface area is 112 Å². The Morgan fingerprint density at radius 2 is 2.06 bits per heavy atom. The Bertz CT molecular complexity index is 563. The molecule has 0 saturated carbocycles. The number of hydrogen-bond donors (Lipinski definition) is 1.